The van der Waals surface area contributed by atoms with Gasteiger partial charge < -0.3 is 24.8 Å². The number of hydrogen-bond acceptors (Lipinski definition) is 6. The fourth-order valence-corrected chi connectivity index (χ4v) is 5.38. The van der Waals surface area contributed by atoms with Gasteiger partial charge in [0, 0.05) is 76.8 Å². The first-order valence-electron chi connectivity index (χ1n) is 13.1. The van der Waals surface area contributed by atoms with Gasteiger partial charge in [0.1, 0.15) is 0 Å². The highest BCUT2D eigenvalue weighted by Crippen LogP contribution is 2.24. The maximum atomic E-state index is 13.1. The van der Waals surface area contributed by atoms with Crippen molar-refractivity contribution in [3.05, 3.63) is 17.0 Å². The summed E-state index contributed by atoms with van der Waals surface area (Å²) in [6.07, 6.45) is 4.53. The number of hydrogen-bond donors (Lipinski definition) is 1. The largest absolute Gasteiger partial charge is 0.378 e. The van der Waals surface area contributed by atoms with E-state index in [1.165, 1.54) is 12.8 Å². The van der Waals surface area contributed by atoms with Gasteiger partial charge in [0.2, 0.25) is 11.8 Å². The van der Waals surface area contributed by atoms with Crippen molar-refractivity contribution in [1.29, 1.82) is 0 Å². The lowest BCUT2D eigenvalue weighted by molar-refractivity contribution is -0.134. The summed E-state index contributed by atoms with van der Waals surface area (Å²) in [5, 5.41) is 7.46. The lowest BCUT2D eigenvalue weighted by Crippen LogP contribution is -2.42. The van der Waals surface area contributed by atoms with Crippen molar-refractivity contribution in [2.45, 2.75) is 52.0 Å². The molecule has 2 fully saturated rings. The predicted octanol–water partition coefficient (Wildman–Crippen LogP) is 0.796. The van der Waals surface area contributed by atoms with Crippen molar-refractivity contribution in [3.63, 3.8) is 0 Å². The highest BCUT2D eigenvalue weighted by Gasteiger charge is 2.31. The monoisotopic (exact) mass is 488 g/mol. The van der Waals surface area contributed by atoms with E-state index in [-0.39, 0.29) is 30.6 Å². The summed E-state index contributed by atoms with van der Waals surface area (Å²) in [5.74, 6) is 0.530. The van der Waals surface area contributed by atoms with Crippen LogP contribution in [0.25, 0.3) is 0 Å². The Hall–Kier alpha value is -2.46. The van der Waals surface area contributed by atoms with E-state index in [0.717, 1.165) is 43.2 Å². The Morgan fingerprint density at radius 3 is 2.66 bits per heavy atom. The van der Waals surface area contributed by atoms with Crippen LogP contribution in [0.1, 0.15) is 60.8 Å². The molecule has 3 aliphatic rings. The molecule has 4 heterocycles. The number of carbonyl (C=O) groups is 3. The second-order valence-electron chi connectivity index (χ2n) is 10.1. The molecule has 3 aliphatic heterocycles. The standard InChI is InChI=1S/C25H40N6O4/c1-19-5-3-10-29(17-19)11-4-9-26-22(32)6-7-23(33)31-12-8-21-20(18-31)24(27-28(21)2)25(34)30-13-15-35-16-14-30/h19H,3-18H2,1-2H3,(H,26,32). The van der Waals surface area contributed by atoms with E-state index >= 15 is 0 Å². The third kappa shape index (κ3) is 6.61. The summed E-state index contributed by atoms with van der Waals surface area (Å²) in [5.41, 5.74) is 2.27. The van der Waals surface area contributed by atoms with Gasteiger partial charge in [0.15, 0.2) is 5.69 Å². The molecule has 10 heteroatoms. The van der Waals surface area contributed by atoms with Crippen LogP contribution in [-0.4, -0.2) is 101 Å². The van der Waals surface area contributed by atoms with Gasteiger partial charge in [-0.05, 0) is 38.3 Å². The Bertz CT molecular complexity index is 910. The maximum Gasteiger partial charge on any atom is 0.274 e. The van der Waals surface area contributed by atoms with Crippen molar-refractivity contribution in [1.82, 2.24) is 29.8 Å². The molecule has 1 aromatic heterocycles. The molecule has 0 radical (unpaired) electrons. The highest BCUT2D eigenvalue weighted by molar-refractivity contribution is 5.94. The molecule has 1 aromatic rings. The number of morpholine rings is 1. The second kappa shape index (κ2) is 12.0. The van der Waals surface area contributed by atoms with Crippen molar-refractivity contribution in [2.75, 3.05) is 59.0 Å². The van der Waals surface area contributed by atoms with Crippen LogP contribution < -0.4 is 5.32 Å². The van der Waals surface area contributed by atoms with Crippen LogP contribution in [-0.2, 0) is 34.3 Å². The topological polar surface area (TPSA) is 100 Å². The number of nitrogens with one attached hydrogen (secondary N) is 1. The average Bonchev–Trinajstić information content (AvgIpc) is 3.21. The van der Waals surface area contributed by atoms with Crippen LogP contribution in [0.4, 0.5) is 0 Å². The summed E-state index contributed by atoms with van der Waals surface area (Å²) in [7, 11) is 1.85. The van der Waals surface area contributed by atoms with E-state index in [9.17, 15) is 14.4 Å². The number of ether oxygens (including phenoxy) is 1. The number of carbonyl (C=O) groups excluding carboxylic acids is 3. The lowest BCUT2D eigenvalue weighted by atomic mass is 10.0. The first-order chi connectivity index (χ1) is 16.9. The molecular formula is C25H40N6O4. The molecule has 10 nitrogen and oxygen atoms in total. The summed E-state index contributed by atoms with van der Waals surface area (Å²) in [4.78, 5) is 44.2. The lowest BCUT2D eigenvalue weighted by Gasteiger charge is -2.30. The van der Waals surface area contributed by atoms with E-state index < -0.39 is 0 Å². The Labute approximate surface area is 207 Å². The fourth-order valence-electron chi connectivity index (χ4n) is 5.38. The van der Waals surface area contributed by atoms with Crippen molar-refractivity contribution >= 4 is 17.7 Å². The molecule has 0 aliphatic carbocycles. The molecule has 194 valence electrons. The molecule has 3 amide bonds. The number of aryl methyl sites for hydroxylation is 1. The predicted molar refractivity (Wildman–Crippen MR) is 131 cm³/mol. The number of fused-ring (bicyclic) bond motifs is 1. The van der Waals surface area contributed by atoms with Gasteiger partial charge in [-0.15, -0.1) is 0 Å². The average molecular weight is 489 g/mol. The first kappa shape index (κ1) is 25.6. The molecular weight excluding hydrogens is 448 g/mol. The second-order valence-corrected chi connectivity index (χ2v) is 10.1. The molecule has 2 saturated heterocycles. The van der Waals surface area contributed by atoms with Crippen LogP contribution in [0, 0.1) is 5.92 Å². The number of piperidine rings is 1. The molecule has 1 N–H and O–H groups in total. The van der Waals surface area contributed by atoms with E-state index in [0.29, 0.717) is 58.1 Å². The van der Waals surface area contributed by atoms with Crippen molar-refractivity contribution < 1.29 is 19.1 Å². The maximum absolute atomic E-state index is 13.1. The normalized spacial score (nSPS) is 21.0. The van der Waals surface area contributed by atoms with Crippen LogP contribution in [0.5, 0.6) is 0 Å². The molecule has 1 unspecified atom stereocenters. The van der Waals surface area contributed by atoms with Crippen LogP contribution in [0.2, 0.25) is 0 Å². The third-order valence-corrected chi connectivity index (χ3v) is 7.38. The summed E-state index contributed by atoms with van der Waals surface area (Å²) in [6.45, 7) is 9.37. The van der Waals surface area contributed by atoms with Gasteiger partial charge >= 0.3 is 0 Å². The summed E-state index contributed by atoms with van der Waals surface area (Å²) >= 11 is 0. The van der Waals surface area contributed by atoms with Gasteiger partial charge in [-0.25, -0.2) is 0 Å². The Morgan fingerprint density at radius 2 is 1.89 bits per heavy atom. The van der Waals surface area contributed by atoms with Gasteiger partial charge in [0.05, 0.1) is 13.2 Å². The van der Waals surface area contributed by atoms with Gasteiger partial charge in [0.25, 0.3) is 5.91 Å². The van der Waals surface area contributed by atoms with Crippen LogP contribution >= 0.6 is 0 Å². The van der Waals surface area contributed by atoms with Crippen molar-refractivity contribution in [2.24, 2.45) is 13.0 Å². The molecule has 1 atom stereocenters. The minimum absolute atomic E-state index is 0.0540. The molecule has 4 rings (SSSR count). The number of aromatic nitrogens is 2. The molecule has 35 heavy (non-hydrogen) atoms. The number of rotatable bonds is 8. The van der Waals surface area contributed by atoms with Gasteiger partial charge in [-0.2, -0.15) is 5.10 Å². The zero-order valence-electron chi connectivity index (χ0n) is 21.3. The fraction of sp³-hybridized carbons (Fsp3) is 0.760. The smallest absolute Gasteiger partial charge is 0.274 e. The van der Waals surface area contributed by atoms with Gasteiger partial charge in [-0.3, -0.25) is 19.1 Å². The third-order valence-electron chi connectivity index (χ3n) is 7.38. The minimum Gasteiger partial charge on any atom is -0.378 e. The Kier molecular flexibility index (Phi) is 8.78. The minimum atomic E-state index is -0.0992. The van der Waals surface area contributed by atoms with Crippen LogP contribution in [0.3, 0.4) is 0 Å². The van der Waals surface area contributed by atoms with Crippen LogP contribution in [0.15, 0.2) is 0 Å². The van der Waals surface area contributed by atoms with Crippen molar-refractivity contribution in [3.8, 4) is 0 Å². The van der Waals surface area contributed by atoms with Gasteiger partial charge in [-0.1, -0.05) is 6.92 Å². The quantitative estimate of drug-likeness (QED) is 0.544. The highest BCUT2D eigenvalue weighted by atomic mass is 16.5. The van der Waals surface area contributed by atoms with E-state index in [2.05, 4.69) is 22.2 Å². The van der Waals surface area contributed by atoms with E-state index in [4.69, 9.17) is 4.74 Å². The summed E-state index contributed by atoms with van der Waals surface area (Å²) in [6, 6.07) is 0. The zero-order chi connectivity index (χ0) is 24.8. The Balaban J connectivity index is 1.22. The summed E-state index contributed by atoms with van der Waals surface area (Å²) < 4.78 is 7.12. The SMILES string of the molecule is CC1CCCN(CCCNC(=O)CCC(=O)N2CCc3c(c(C(=O)N4CCOCC4)nn3C)C2)C1. The van der Waals surface area contributed by atoms with E-state index in [1.807, 2.05) is 7.05 Å². The molecule has 0 bridgehead atoms. The first-order valence-corrected chi connectivity index (χ1v) is 13.1. The zero-order valence-corrected chi connectivity index (χ0v) is 21.3. The Morgan fingerprint density at radius 1 is 1.09 bits per heavy atom. The number of nitrogens with zero attached hydrogens (tertiary/aromatic N) is 5. The van der Waals surface area contributed by atoms with E-state index in [1.54, 1.807) is 14.5 Å². The molecule has 0 aromatic carbocycles. The molecule has 0 saturated carbocycles. The number of amides is 3. The number of likely N-dealkylation sites (tertiary alicyclic amines) is 1. The molecule has 0 spiro atoms.